The predicted molar refractivity (Wildman–Crippen MR) is 80.7 cm³/mol. The van der Waals surface area contributed by atoms with Crippen LogP contribution in [-0.4, -0.2) is 24.3 Å². The zero-order valence-electron chi connectivity index (χ0n) is 11.6. The van der Waals surface area contributed by atoms with E-state index in [0.717, 1.165) is 24.4 Å². The third-order valence-corrected chi connectivity index (χ3v) is 4.64. The van der Waals surface area contributed by atoms with Crippen molar-refractivity contribution in [2.45, 2.75) is 44.6 Å². The van der Waals surface area contributed by atoms with Crippen LogP contribution in [0.2, 0.25) is 5.02 Å². The number of halogens is 1. The second-order valence-electron chi connectivity index (χ2n) is 5.58. The van der Waals surface area contributed by atoms with Crippen molar-refractivity contribution in [2.24, 2.45) is 5.92 Å². The van der Waals surface area contributed by atoms with E-state index in [9.17, 15) is 0 Å². The Bertz CT molecular complexity index is 390. The first kappa shape index (κ1) is 14.8. The second-order valence-corrected chi connectivity index (χ2v) is 5.99. The maximum atomic E-state index is 8.98. The van der Waals surface area contributed by atoms with Crippen molar-refractivity contribution in [3.63, 3.8) is 0 Å². The van der Waals surface area contributed by atoms with Crippen LogP contribution in [0.1, 0.15) is 44.1 Å². The highest BCUT2D eigenvalue weighted by molar-refractivity contribution is 6.31. The number of benzene rings is 1. The summed E-state index contributed by atoms with van der Waals surface area (Å²) in [6.45, 7) is 3.51. The number of aliphatic hydroxyl groups excluding tert-OH is 1. The van der Waals surface area contributed by atoms with E-state index in [4.69, 9.17) is 16.7 Å². The summed E-state index contributed by atoms with van der Waals surface area (Å²) in [7, 11) is 0. The Morgan fingerprint density at radius 2 is 2.11 bits per heavy atom. The zero-order chi connectivity index (χ0) is 13.7. The molecule has 106 valence electrons. The van der Waals surface area contributed by atoms with Crippen molar-refractivity contribution in [2.75, 3.05) is 13.2 Å². The van der Waals surface area contributed by atoms with Gasteiger partial charge >= 0.3 is 0 Å². The second kappa shape index (κ2) is 7.28. The Hall–Kier alpha value is -0.570. The predicted octanol–water partition coefficient (Wildman–Crippen LogP) is 3.58. The van der Waals surface area contributed by atoms with Crippen LogP contribution < -0.4 is 5.32 Å². The molecule has 1 aromatic carbocycles. The largest absolute Gasteiger partial charge is 0.396 e. The minimum atomic E-state index is 0.299. The van der Waals surface area contributed by atoms with Gasteiger partial charge in [0.05, 0.1) is 0 Å². The molecule has 0 bridgehead atoms. The molecule has 19 heavy (non-hydrogen) atoms. The maximum Gasteiger partial charge on any atom is 0.0440 e. The molecule has 0 amide bonds. The van der Waals surface area contributed by atoms with Crippen molar-refractivity contribution < 1.29 is 5.11 Å². The molecule has 1 saturated carbocycles. The van der Waals surface area contributed by atoms with E-state index < -0.39 is 0 Å². The van der Waals surface area contributed by atoms with Gasteiger partial charge in [0.1, 0.15) is 0 Å². The molecular weight excluding hydrogens is 258 g/mol. The van der Waals surface area contributed by atoms with Crippen LogP contribution >= 0.6 is 11.6 Å². The highest BCUT2D eigenvalue weighted by atomic mass is 35.5. The summed E-state index contributed by atoms with van der Waals surface area (Å²) in [5.74, 6) is 1.22. The normalized spacial score (nSPS) is 23.9. The fraction of sp³-hybridized carbons (Fsp3) is 0.625. The van der Waals surface area contributed by atoms with Crippen molar-refractivity contribution in [1.29, 1.82) is 0 Å². The van der Waals surface area contributed by atoms with Gasteiger partial charge in [-0.25, -0.2) is 0 Å². The lowest BCUT2D eigenvalue weighted by Gasteiger charge is -2.37. The smallest absolute Gasteiger partial charge is 0.0440 e. The lowest BCUT2D eigenvalue weighted by Crippen LogP contribution is -2.42. The van der Waals surface area contributed by atoms with Gasteiger partial charge < -0.3 is 10.4 Å². The highest BCUT2D eigenvalue weighted by Gasteiger charge is 2.31. The standard InChI is InChI=1S/C16H24ClNO/c1-2-12(7-8-19)11-18-14-9-13(10-14)15-5-3-4-6-16(15)17/h3-6,12-14,18-19H,2,7-11H2,1H3. The minimum Gasteiger partial charge on any atom is -0.396 e. The Balaban J connectivity index is 1.73. The van der Waals surface area contributed by atoms with Crippen LogP contribution in [0.25, 0.3) is 0 Å². The molecule has 1 aliphatic rings. The molecule has 0 radical (unpaired) electrons. The summed E-state index contributed by atoms with van der Waals surface area (Å²) in [5, 5.41) is 13.5. The van der Waals surface area contributed by atoms with Gasteiger partial charge in [-0.15, -0.1) is 0 Å². The molecule has 1 unspecified atom stereocenters. The van der Waals surface area contributed by atoms with Crippen LogP contribution in [0.5, 0.6) is 0 Å². The summed E-state index contributed by atoms with van der Waals surface area (Å²) in [4.78, 5) is 0. The quantitative estimate of drug-likeness (QED) is 0.801. The molecule has 1 fully saturated rings. The van der Waals surface area contributed by atoms with Gasteiger partial charge in [-0.05, 0) is 49.3 Å². The average molecular weight is 282 g/mol. The first-order valence-corrected chi connectivity index (χ1v) is 7.71. The van der Waals surface area contributed by atoms with E-state index in [1.165, 1.54) is 18.4 Å². The molecule has 2 rings (SSSR count). The maximum absolute atomic E-state index is 8.98. The average Bonchev–Trinajstić information content (AvgIpc) is 2.37. The van der Waals surface area contributed by atoms with Gasteiger partial charge in [0, 0.05) is 17.7 Å². The molecule has 2 N–H and O–H groups in total. The lowest BCUT2D eigenvalue weighted by atomic mass is 9.75. The molecule has 0 spiro atoms. The first-order valence-electron chi connectivity index (χ1n) is 7.33. The van der Waals surface area contributed by atoms with Crippen LogP contribution in [0.3, 0.4) is 0 Å². The van der Waals surface area contributed by atoms with E-state index in [0.29, 0.717) is 24.5 Å². The Labute approximate surface area is 121 Å². The van der Waals surface area contributed by atoms with Crippen LogP contribution in [0.15, 0.2) is 24.3 Å². The molecule has 0 aromatic heterocycles. The zero-order valence-corrected chi connectivity index (χ0v) is 12.4. The van der Waals surface area contributed by atoms with Gasteiger partial charge in [0.15, 0.2) is 0 Å². The molecular formula is C16H24ClNO. The minimum absolute atomic E-state index is 0.299. The SMILES string of the molecule is CCC(CCO)CNC1CC(c2ccccc2Cl)C1. The third-order valence-electron chi connectivity index (χ3n) is 4.29. The van der Waals surface area contributed by atoms with E-state index in [2.05, 4.69) is 24.4 Å². The van der Waals surface area contributed by atoms with Gasteiger partial charge in [0.2, 0.25) is 0 Å². The van der Waals surface area contributed by atoms with Crippen LogP contribution in [0, 0.1) is 5.92 Å². The topological polar surface area (TPSA) is 32.3 Å². The number of aliphatic hydroxyl groups is 1. The highest BCUT2D eigenvalue weighted by Crippen LogP contribution is 2.39. The number of hydrogen-bond acceptors (Lipinski definition) is 2. The van der Waals surface area contributed by atoms with Gasteiger partial charge in [-0.3, -0.25) is 0 Å². The van der Waals surface area contributed by atoms with Crippen molar-refractivity contribution in [3.8, 4) is 0 Å². The number of nitrogens with one attached hydrogen (secondary N) is 1. The van der Waals surface area contributed by atoms with Gasteiger partial charge in [-0.1, -0.05) is 43.1 Å². The molecule has 1 atom stereocenters. The molecule has 1 aliphatic carbocycles. The van der Waals surface area contributed by atoms with Gasteiger partial charge in [0.25, 0.3) is 0 Å². The molecule has 0 aliphatic heterocycles. The van der Waals surface area contributed by atoms with Crippen molar-refractivity contribution in [3.05, 3.63) is 34.9 Å². The molecule has 2 nitrogen and oxygen atoms in total. The Morgan fingerprint density at radius 3 is 2.74 bits per heavy atom. The summed E-state index contributed by atoms with van der Waals surface area (Å²) >= 11 is 6.22. The summed E-state index contributed by atoms with van der Waals surface area (Å²) in [6, 6.07) is 8.79. The molecule has 0 saturated heterocycles. The van der Waals surface area contributed by atoms with E-state index in [1.54, 1.807) is 0 Å². The fourth-order valence-corrected chi connectivity index (χ4v) is 3.10. The summed E-state index contributed by atoms with van der Waals surface area (Å²) in [6.07, 6.45) is 4.40. The van der Waals surface area contributed by atoms with Crippen LogP contribution in [-0.2, 0) is 0 Å². The van der Waals surface area contributed by atoms with E-state index >= 15 is 0 Å². The third kappa shape index (κ3) is 3.95. The monoisotopic (exact) mass is 281 g/mol. The molecule has 3 heteroatoms. The summed E-state index contributed by atoms with van der Waals surface area (Å²) in [5.41, 5.74) is 1.30. The lowest BCUT2D eigenvalue weighted by molar-refractivity contribution is 0.231. The number of hydrogen-bond donors (Lipinski definition) is 2. The Morgan fingerprint density at radius 1 is 1.37 bits per heavy atom. The van der Waals surface area contributed by atoms with E-state index in [1.807, 2.05) is 12.1 Å². The number of rotatable bonds is 7. The fourth-order valence-electron chi connectivity index (χ4n) is 2.81. The molecule has 1 aromatic rings. The summed E-state index contributed by atoms with van der Waals surface area (Å²) < 4.78 is 0. The van der Waals surface area contributed by atoms with Gasteiger partial charge in [-0.2, -0.15) is 0 Å². The first-order chi connectivity index (χ1) is 9.24. The van der Waals surface area contributed by atoms with Crippen molar-refractivity contribution in [1.82, 2.24) is 5.32 Å². The molecule has 0 heterocycles. The van der Waals surface area contributed by atoms with E-state index in [-0.39, 0.29) is 0 Å². The van der Waals surface area contributed by atoms with Crippen molar-refractivity contribution >= 4 is 11.6 Å². The van der Waals surface area contributed by atoms with Crippen LogP contribution in [0.4, 0.5) is 0 Å². The Kier molecular flexibility index (Phi) is 5.68.